The smallest absolute Gasteiger partial charge is 1.00 e. The molecule has 0 bridgehead atoms. The van der Waals surface area contributed by atoms with Crippen LogP contribution in [0, 0.1) is 0 Å². The second kappa shape index (κ2) is 10.8. The fourth-order valence-corrected chi connectivity index (χ4v) is 17.5. The second-order valence-electron chi connectivity index (χ2n) is 5.73. The summed E-state index contributed by atoms with van der Waals surface area (Å²) in [5, 5.41) is 0. The van der Waals surface area contributed by atoms with Crippen LogP contribution < -0.4 is 28.1 Å². The zero-order valence-corrected chi connectivity index (χ0v) is 18.5. The Morgan fingerprint density at radius 3 is 2.59 bits per heavy atom. The molecule has 1 aliphatic carbocycles. The Hall–Kier alpha value is 0.110. The Balaban J connectivity index is 0.00000220. The van der Waals surface area contributed by atoms with Crippen molar-refractivity contribution in [3.05, 3.63) is 41.5 Å². The van der Waals surface area contributed by atoms with Crippen molar-refractivity contribution in [2.75, 3.05) is 0 Å². The molecule has 0 fully saturated rings. The van der Waals surface area contributed by atoms with E-state index in [9.17, 15) is 4.79 Å². The number of hydrogen-bond acceptors (Lipinski definition) is 1. The van der Waals surface area contributed by atoms with Crippen molar-refractivity contribution in [3.8, 4) is 0 Å². The maximum Gasteiger partial charge on any atom is -1.00 e. The summed E-state index contributed by atoms with van der Waals surface area (Å²) in [6.07, 6.45) is 7.41. The van der Waals surface area contributed by atoms with Gasteiger partial charge in [0.1, 0.15) is 0 Å². The number of amides is 1. The van der Waals surface area contributed by atoms with E-state index in [2.05, 4.69) is 59.7 Å². The summed E-state index contributed by atoms with van der Waals surface area (Å²) in [5.41, 5.74) is 2.81. The largest absolute Gasteiger partial charge is 1.00 e. The minimum absolute atomic E-state index is 0. The van der Waals surface area contributed by atoms with Crippen LogP contribution in [0.25, 0.3) is 6.08 Å². The van der Waals surface area contributed by atoms with Crippen LogP contribution in [0.3, 0.4) is 0 Å². The molecule has 1 aromatic carbocycles. The Morgan fingerprint density at radius 2 is 1.95 bits per heavy atom. The molecular weight excluding hydrogens is 412 g/mol. The van der Waals surface area contributed by atoms with E-state index in [-0.39, 0.29) is 24.8 Å². The number of fused-ring (bicyclic) bond motifs is 1. The van der Waals surface area contributed by atoms with E-state index in [1.54, 1.807) is 0 Å². The topological polar surface area (TPSA) is 29.1 Å². The number of nitrogens with one attached hydrogen (secondary N) is 1. The van der Waals surface area contributed by atoms with Crippen molar-refractivity contribution >= 4 is 17.9 Å². The summed E-state index contributed by atoms with van der Waals surface area (Å²) >= 11 is -1.89. The molecule has 121 valence electrons. The number of benzene rings is 1. The van der Waals surface area contributed by atoms with Gasteiger partial charge in [0.25, 0.3) is 0 Å². The van der Waals surface area contributed by atoms with Crippen LogP contribution in [0.5, 0.6) is 0 Å². The Kier molecular flexibility index (Phi) is 10.9. The fourth-order valence-electron chi connectivity index (χ4n) is 2.66. The summed E-state index contributed by atoms with van der Waals surface area (Å²) in [6.45, 7) is 6.95. The van der Waals surface area contributed by atoms with Gasteiger partial charge in [0.05, 0.1) is 0 Å². The number of rotatable bonds is 6. The van der Waals surface area contributed by atoms with Gasteiger partial charge >= 0.3 is 132 Å². The molecule has 6 heteroatoms. The van der Waals surface area contributed by atoms with Gasteiger partial charge in [0.2, 0.25) is 0 Å². The number of carbonyl (C=O) groups excluding carboxylic acids is 1. The maximum absolute atomic E-state index is 12.1. The fraction of sp³-hybridized carbons (Fsp3) is 0.438. The molecule has 0 spiro atoms. The summed E-state index contributed by atoms with van der Waals surface area (Å²) in [5.74, 6) is -0.468. The normalized spacial score (nSPS) is 14.8. The van der Waals surface area contributed by atoms with Crippen LogP contribution >= 0.6 is 0 Å². The predicted octanol–water partition coefficient (Wildman–Crippen LogP) is -2.41. The van der Waals surface area contributed by atoms with Crippen molar-refractivity contribution in [1.29, 1.82) is 0 Å². The molecule has 1 unspecified atom stereocenters. The average Bonchev–Trinajstić information content (AvgIpc) is 2.86. The zero-order valence-electron chi connectivity index (χ0n) is 13.4. The van der Waals surface area contributed by atoms with Crippen molar-refractivity contribution in [1.82, 2.24) is 3.26 Å². The third kappa shape index (κ3) is 5.63. The Labute approximate surface area is 155 Å². The molecule has 0 aliphatic heterocycles. The molecule has 0 radical (unpaired) electrons. The van der Waals surface area contributed by atoms with Gasteiger partial charge in [0.15, 0.2) is 0 Å². The summed E-state index contributed by atoms with van der Waals surface area (Å²) in [6, 6.07) is 8.66. The molecule has 1 aromatic rings. The molecule has 1 N–H and O–H groups in total. The van der Waals surface area contributed by atoms with Crippen LogP contribution in [0.15, 0.2) is 30.3 Å². The monoisotopic (exact) mass is 434 g/mol. The minimum atomic E-state index is -1.89. The molecule has 1 atom stereocenters. The number of halogens is 2. The molecule has 1 amide bonds. The van der Waals surface area contributed by atoms with Crippen molar-refractivity contribution in [3.63, 3.8) is 0 Å². The van der Waals surface area contributed by atoms with Gasteiger partial charge in [-0.15, -0.1) is 0 Å². The van der Waals surface area contributed by atoms with E-state index >= 15 is 0 Å². The number of allylic oxidation sites excluding steroid dienone is 1. The van der Waals surface area contributed by atoms with E-state index < -0.39 is 27.1 Å². The maximum atomic E-state index is 12.1. The molecule has 2 nitrogen and oxygen atoms in total. The minimum Gasteiger partial charge on any atom is -1.00 e. The van der Waals surface area contributed by atoms with E-state index in [4.69, 9.17) is 0 Å². The van der Waals surface area contributed by atoms with Gasteiger partial charge in [-0.1, -0.05) is 0 Å². The van der Waals surface area contributed by atoms with Crippen LogP contribution in [0.2, 0.25) is 13.1 Å². The molecule has 22 heavy (non-hydrogen) atoms. The van der Waals surface area contributed by atoms with Crippen LogP contribution in [0.1, 0.15) is 40.9 Å². The van der Waals surface area contributed by atoms with Crippen molar-refractivity contribution < 1.29 is 50.8 Å². The number of carbonyl (C=O) groups is 1. The third-order valence-corrected chi connectivity index (χ3v) is 21.5. The summed E-state index contributed by atoms with van der Waals surface area (Å²) in [4.78, 5) is 12.1. The van der Waals surface area contributed by atoms with Crippen molar-refractivity contribution in [2.24, 2.45) is 0 Å². The first-order chi connectivity index (χ1) is 9.63. The molecule has 0 saturated carbocycles. The standard InChI is InChI=1S/C9H7.C5H11NO.C2H7Si.2ClH.Zr/c1-2-5-9-7-3-6-8(9)4-1;1-2-3-4-5(6)7;1-3-2;;;/h1-7H;2-4H2,1H3,(H2,6,7);3H,1-2H3;2*1H;/q;;;;;+3/p-3. The molecule has 2 rings (SSSR count). The first-order valence-corrected chi connectivity index (χ1v) is 17.4. The van der Waals surface area contributed by atoms with Gasteiger partial charge in [-0.2, -0.15) is 0 Å². The van der Waals surface area contributed by atoms with Gasteiger partial charge in [0, 0.05) is 0 Å². The molecule has 1 aliphatic rings. The summed E-state index contributed by atoms with van der Waals surface area (Å²) in [7, 11) is 0. The van der Waals surface area contributed by atoms with Crippen LogP contribution in [0.4, 0.5) is 0 Å². The molecule has 0 aromatic heterocycles. The summed E-state index contributed by atoms with van der Waals surface area (Å²) < 4.78 is 4.06. The first kappa shape index (κ1) is 22.1. The molecule has 0 saturated heterocycles. The molecule has 0 heterocycles. The quantitative estimate of drug-likeness (QED) is 0.495. The predicted molar refractivity (Wildman–Crippen MR) is 84.8 cm³/mol. The van der Waals surface area contributed by atoms with E-state index in [0.29, 0.717) is 16.0 Å². The van der Waals surface area contributed by atoms with Crippen LogP contribution in [-0.2, 0) is 26.0 Å². The number of hydrogen-bond donors (Lipinski definition) is 1. The van der Waals surface area contributed by atoms with Gasteiger partial charge in [-0.3, -0.25) is 0 Å². The van der Waals surface area contributed by atoms with E-state index in [1.165, 1.54) is 11.1 Å². The Morgan fingerprint density at radius 1 is 1.27 bits per heavy atom. The van der Waals surface area contributed by atoms with Gasteiger partial charge < -0.3 is 24.8 Å². The molecular formula is C16H24Cl2NOSiZr. The van der Waals surface area contributed by atoms with Crippen molar-refractivity contribution in [2.45, 2.75) is 42.9 Å². The van der Waals surface area contributed by atoms with E-state index in [0.717, 1.165) is 12.8 Å². The first-order valence-electron chi connectivity index (χ1n) is 7.57. The van der Waals surface area contributed by atoms with Gasteiger partial charge in [-0.05, 0) is 0 Å². The van der Waals surface area contributed by atoms with Gasteiger partial charge in [-0.25, -0.2) is 0 Å². The third-order valence-electron chi connectivity index (χ3n) is 3.80. The average molecular weight is 437 g/mol. The van der Waals surface area contributed by atoms with Crippen LogP contribution in [-0.4, -0.2) is 11.8 Å². The zero-order chi connectivity index (χ0) is 14.5. The van der Waals surface area contributed by atoms with E-state index in [1.807, 2.05) is 0 Å². The number of unbranched alkanes of at least 4 members (excludes halogenated alkanes) is 1. The Bertz CT molecular complexity index is 511. The second-order valence-corrected chi connectivity index (χ2v) is 24.6. The SMILES string of the molecule is CCCCC(=O)[NH][Zr+2]([CH]1C=Cc2ccccc21)[SiH](C)C.[Cl-].[Cl-].